The molecule has 0 aliphatic carbocycles. The molecule has 140 valence electrons. The van der Waals surface area contributed by atoms with Crippen molar-refractivity contribution in [2.45, 2.75) is 58.8 Å². The van der Waals surface area contributed by atoms with Crippen LogP contribution in [0, 0.1) is 0 Å². The van der Waals surface area contributed by atoms with Crippen LogP contribution in [0.4, 0.5) is 0 Å². The molecule has 0 bridgehead atoms. The normalized spacial score (nSPS) is 10.5. The molecular weight excluding hydrogens is 324 g/mol. The number of benzene rings is 2. The summed E-state index contributed by atoms with van der Waals surface area (Å²) in [6.45, 7) is 5.08. The van der Waals surface area contributed by atoms with Crippen LogP contribution in [0.2, 0.25) is 0 Å². The van der Waals surface area contributed by atoms with Crippen LogP contribution in [0.1, 0.15) is 68.3 Å². The van der Waals surface area contributed by atoms with E-state index in [1.165, 1.54) is 31.2 Å². The molecule has 3 nitrogen and oxygen atoms in total. The standard InChI is InChI=1S/C23H30O3/c1-3-5-6-7-8-18-25-21-16-12-20(13-17-21)23(24)26-22-14-10-19(9-4-2)11-15-22/h10-17H,3-9,18H2,1-2H3. The molecule has 0 fully saturated rings. The Hall–Kier alpha value is -2.29. The highest BCUT2D eigenvalue weighted by atomic mass is 16.5. The lowest BCUT2D eigenvalue weighted by Gasteiger charge is -2.08. The van der Waals surface area contributed by atoms with Crippen LogP contribution in [0.5, 0.6) is 11.5 Å². The van der Waals surface area contributed by atoms with Crippen LogP contribution in [0.3, 0.4) is 0 Å². The van der Waals surface area contributed by atoms with Crippen molar-refractivity contribution >= 4 is 5.97 Å². The van der Waals surface area contributed by atoms with Crippen molar-refractivity contribution in [1.82, 2.24) is 0 Å². The summed E-state index contributed by atoms with van der Waals surface area (Å²) in [5, 5.41) is 0. The highest BCUT2D eigenvalue weighted by Crippen LogP contribution is 2.17. The maximum absolute atomic E-state index is 12.2. The van der Waals surface area contributed by atoms with Gasteiger partial charge in [0.1, 0.15) is 11.5 Å². The lowest BCUT2D eigenvalue weighted by Crippen LogP contribution is -2.08. The molecule has 2 aromatic carbocycles. The number of hydrogen-bond acceptors (Lipinski definition) is 3. The van der Waals surface area contributed by atoms with Crippen molar-refractivity contribution in [2.24, 2.45) is 0 Å². The predicted octanol–water partition coefficient (Wildman–Crippen LogP) is 6.21. The SMILES string of the molecule is CCCCCCCOc1ccc(C(=O)Oc2ccc(CCC)cc2)cc1. The van der Waals surface area contributed by atoms with Crippen LogP contribution in [0.25, 0.3) is 0 Å². The number of esters is 1. The molecule has 0 aliphatic heterocycles. The molecule has 0 amide bonds. The van der Waals surface area contributed by atoms with E-state index in [4.69, 9.17) is 9.47 Å². The van der Waals surface area contributed by atoms with Gasteiger partial charge in [-0.05, 0) is 54.8 Å². The second-order valence-electron chi connectivity index (χ2n) is 6.57. The first-order chi connectivity index (χ1) is 12.7. The van der Waals surface area contributed by atoms with E-state index in [1.807, 2.05) is 36.4 Å². The molecule has 2 aromatic rings. The molecule has 2 rings (SSSR count). The van der Waals surface area contributed by atoms with Crippen LogP contribution in [0.15, 0.2) is 48.5 Å². The van der Waals surface area contributed by atoms with E-state index in [9.17, 15) is 4.79 Å². The average Bonchev–Trinajstić information content (AvgIpc) is 2.67. The molecule has 0 aromatic heterocycles. The van der Waals surface area contributed by atoms with Gasteiger partial charge in [-0.15, -0.1) is 0 Å². The Labute approximate surface area is 157 Å². The molecule has 0 atom stereocenters. The lowest BCUT2D eigenvalue weighted by molar-refractivity contribution is 0.0734. The molecule has 0 aliphatic rings. The minimum atomic E-state index is -0.348. The molecule has 3 heteroatoms. The Morgan fingerprint density at radius 3 is 2.08 bits per heavy atom. The Morgan fingerprint density at radius 2 is 1.42 bits per heavy atom. The van der Waals surface area contributed by atoms with Gasteiger partial charge in [-0.25, -0.2) is 4.79 Å². The number of hydrogen-bond donors (Lipinski definition) is 0. The van der Waals surface area contributed by atoms with Gasteiger partial charge in [-0.1, -0.05) is 58.1 Å². The Bertz CT molecular complexity index is 644. The first-order valence-electron chi connectivity index (χ1n) is 9.77. The summed E-state index contributed by atoms with van der Waals surface area (Å²) in [7, 11) is 0. The van der Waals surface area contributed by atoms with Crippen molar-refractivity contribution in [3.05, 3.63) is 59.7 Å². The predicted molar refractivity (Wildman–Crippen MR) is 106 cm³/mol. The van der Waals surface area contributed by atoms with Crippen molar-refractivity contribution in [2.75, 3.05) is 6.61 Å². The zero-order valence-electron chi connectivity index (χ0n) is 16.0. The van der Waals surface area contributed by atoms with E-state index in [0.717, 1.165) is 31.6 Å². The molecule has 0 N–H and O–H groups in total. The number of aryl methyl sites for hydroxylation is 1. The summed E-state index contributed by atoms with van der Waals surface area (Å²) in [4.78, 5) is 12.2. The van der Waals surface area contributed by atoms with Gasteiger partial charge >= 0.3 is 5.97 Å². The fourth-order valence-electron chi connectivity index (χ4n) is 2.76. The molecular formula is C23H30O3. The summed E-state index contributed by atoms with van der Waals surface area (Å²) < 4.78 is 11.2. The zero-order chi connectivity index (χ0) is 18.6. The quantitative estimate of drug-likeness (QED) is 0.273. The second-order valence-corrected chi connectivity index (χ2v) is 6.57. The third-order valence-corrected chi connectivity index (χ3v) is 4.28. The van der Waals surface area contributed by atoms with Crippen LogP contribution >= 0.6 is 0 Å². The topological polar surface area (TPSA) is 35.5 Å². The highest BCUT2D eigenvalue weighted by Gasteiger charge is 2.09. The summed E-state index contributed by atoms with van der Waals surface area (Å²) in [5.74, 6) is 1.02. The van der Waals surface area contributed by atoms with Crippen LogP contribution in [-0.2, 0) is 6.42 Å². The van der Waals surface area contributed by atoms with Gasteiger partial charge in [0.05, 0.1) is 12.2 Å². The van der Waals surface area contributed by atoms with Crippen LogP contribution in [-0.4, -0.2) is 12.6 Å². The number of rotatable bonds is 11. The van der Waals surface area contributed by atoms with E-state index in [0.29, 0.717) is 11.3 Å². The van der Waals surface area contributed by atoms with Gasteiger partial charge in [0.2, 0.25) is 0 Å². The van der Waals surface area contributed by atoms with Gasteiger partial charge in [-0.3, -0.25) is 0 Å². The first kappa shape index (κ1) is 20.0. The molecule has 0 heterocycles. The number of unbranched alkanes of at least 4 members (excludes halogenated alkanes) is 4. The smallest absolute Gasteiger partial charge is 0.343 e. The van der Waals surface area contributed by atoms with Crippen LogP contribution < -0.4 is 9.47 Å². The van der Waals surface area contributed by atoms with E-state index >= 15 is 0 Å². The Morgan fingerprint density at radius 1 is 0.769 bits per heavy atom. The minimum absolute atomic E-state index is 0.348. The van der Waals surface area contributed by atoms with E-state index in [1.54, 1.807) is 12.1 Å². The number of ether oxygens (including phenoxy) is 2. The number of carbonyl (C=O) groups is 1. The lowest BCUT2D eigenvalue weighted by atomic mass is 10.1. The summed E-state index contributed by atoms with van der Waals surface area (Å²) in [5.41, 5.74) is 1.78. The van der Waals surface area contributed by atoms with E-state index in [-0.39, 0.29) is 5.97 Å². The maximum atomic E-state index is 12.2. The molecule has 0 radical (unpaired) electrons. The first-order valence-corrected chi connectivity index (χ1v) is 9.77. The molecule has 0 saturated carbocycles. The zero-order valence-corrected chi connectivity index (χ0v) is 16.0. The van der Waals surface area contributed by atoms with Gasteiger partial charge in [-0.2, -0.15) is 0 Å². The largest absolute Gasteiger partial charge is 0.494 e. The fraction of sp³-hybridized carbons (Fsp3) is 0.435. The third-order valence-electron chi connectivity index (χ3n) is 4.28. The monoisotopic (exact) mass is 354 g/mol. The van der Waals surface area contributed by atoms with Crippen molar-refractivity contribution in [1.29, 1.82) is 0 Å². The number of carbonyl (C=O) groups excluding carboxylic acids is 1. The summed E-state index contributed by atoms with van der Waals surface area (Å²) in [6, 6.07) is 14.9. The fourth-order valence-corrected chi connectivity index (χ4v) is 2.76. The van der Waals surface area contributed by atoms with Gasteiger partial charge in [0.25, 0.3) is 0 Å². The summed E-state index contributed by atoms with van der Waals surface area (Å²) in [6.07, 6.45) is 8.22. The molecule has 0 saturated heterocycles. The maximum Gasteiger partial charge on any atom is 0.343 e. The average molecular weight is 354 g/mol. The van der Waals surface area contributed by atoms with E-state index in [2.05, 4.69) is 13.8 Å². The van der Waals surface area contributed by atoms with Gasteiger partial charge in [0.15, 0.2) is 0 Å². The van der Waals surface area contributed by atoms with E-state index < -0.39 is 0 Å². The van der Waals surface area contributed by atoms with Gasteiger partial charge in [0, 0.05) is 0 Å². The van der Waals surface area contributed by atoms with Crippen molar-refractivity contribution < 1.29 is 14.3 Å². The second kappa shape index (κ2) is 11.3. The Kier molecular flexibility index (Phi) is 8.74. The molecule has 26 heavy (non-hydrogen) atoms. The minimum Gasteiger partial charge on any atom is -0.494 e. The van der Waals surface area contributed by atoms with Gasteiger partial charge < -0.3 is 9.47 Å². The summed E-state index contributed by atoms with van der Waals surface area (Å²) >= 11 is 0. The van der Waals surface area contributed by atoms with Crippen molar-refractivity contribution in [3.8, 4) is 11.5 Å². The molecule has 0 spiro atoms. The van der Waals surface area contributed by atoms with Crippen molar-refractivity contribution in [3.63, 3.8) is 0 Å². The highest BCUT2D eigenvalue weighted by molar-refractivity contribution is 5.91. The molecule has 0 unspecified atom stereocenters. The Balaban J connectivity index is 1.78. The third kappa shape index (κ3) is 6.91.